The molecular weight excluding hydrogens is 232 g/mol. The molecule has 1 aromatic rings. The average molecular weight is 238 g/mol. The quantitative estimate of drug-likeness (QED) is 0.527. The summed E-state index contributed by atoms with van der Waals surface area (Å²) in [4.78, 5) is 10.6. The molecule has 0 unspecified atom stereocenters. The molecule has 4 N–H and O–H groups in total. The fourth-order valence-corrected chi connectivity index (χ4v) is 1.88. The van der Waals surface area contributed by atoms with Gasteiger partial charge in [0.15, 0.2) is 0 Å². The van der Waals surface area contributed by atoms with Gasteiger partial charge in [0, 0.05) is 0 Å². The molecule has 0 aliphatic rings. The van der Waals surface area contributed by atoms with E-state index in [9.17, 15) is 13.2 Å². The van der Waals surface area contributed by atoms with Crippen LogP contribution in [-0.4, -0.2) is 36.2 Å². The number of nitrogens with one attached hydrogen (secondary N) is 1. The van der Waals surface area contributed by atoms with Crippen LogP contribution in [0.1, 0.15) is 0 Å². The Hall–Kier alpha value is -1.10. The molecule has 1 rings (SSSR count). The topological polar surface area (TPSA) is 135 Å². The largest absolute Gasteiger partial charge is 0.387 e. The third kappa shape index (κ3) is 2.70. The molecule has 0 saturated heterocycles. The fourth-order valence-electron chi connectivity index (χ4n) is 0.534. The number of nitrogens with two attached hydrogens (primary N) is 1. The summed E-state index contributed by atoms with van der Waals surface area (Å²) in [5, 5.41) is 21.8. The summed E-state index contributed by atoms with van der Waals surface area (Å²) in [6.07, 6.45) is 0. The van der Waals surface area contributed by atoms with Crippen molar-refractivity contribution < 1.29 is 18.3 Å². The van der Waals surface area contributed by atoms with Gasteiger partial charge in [0.25, 0.3) is 15.9 Å². The van der Waals surface area contributed by atoms with Crippen LogP contribution in [0.15, 0.2) is 4.34 Å². The number of aromatic nitrogens is 2. The van der Waals surface area contributed by atoms with Crippen LogP contribution < -0.4 is 10.5 Å². The van der Waals surface area contributed by atoms with Crippen LogP contribution in [0.2, 0.25) is 0 Å². The Bertz CT molecular complexity index is 438. The van der Waals surface area contributed by atoms with E-state index < -0.39 is 26.9 Å². The number of amides is 1. The second-order valence-electron chi connectivity index (χ2n) is 2.12. The summed E-state index contributed by atoms with van der Waals surface area (Å²) in [5.41, 5.74) is 0. The van der Waals surface area contributed by atoms with Gasteiger partial charge < -0.3 is 5.11 Å². The molecule has 1 amide bonds. The highest BCUT2D eigenvalue weighted by Gasteiger charge is 2.15. The second-order valence-corrected chi connectivity index (χ2v) is 4.84. The average Bonchev–Trinajstić information content (AvgIpc) is 2.51. The summed E-state index contributed by atoms with van der Waals surface area (Å²) in [5.74, 6) is -0.706. The minimum atomic E-state index is -3.89. The smallest absolute Gasteiger partial charge is 0.267 e. The number of aliphatic hydroxyl groups is 1. The predicted molar refractivity (Wildman–Crippen MR) is 47.0 cm³/mol. The number of sulfonamides is 1. The molecule has 0 saturated carbocycles. The van der Waals surface area contributed by atoms with Crippen LogP contribution in [0.25, 0.3) is 0 Å². The Morgan fingerprint density at radius 2 is 2.21 bits per heavy atom. The van der Waals surface area contributed by atoms with Crippen LogP contribution in [0.3, 0.4) is 0 Å². The van der Waals surface area contributed by atoms with E-state index in [2.05, 4.69) is 15.5 Å². The number of hydrogen-bond donors (Lipinski definition) is 3. The van der Waals surface area contributed by atoms with Crippen molar-refractivity contribution in [3.05, 3.63) is 0 Å². The molecule has 14 heavy (non-hydrogen) atoms. The second kappa shape index (κ2) is 3.96. The van der Waals surface area contributed by atoms with Crippen molar-refractivity contribution in [1.82, 2.24) is 10.2 Å². The SMILES string of the molecule is NS(=O)(=O)c1nnc(NC(=O)CO)s1. The highest BCUT2D eigenvalue weighted by atomic mass is 32.2. The third-order valence-electron chi connectivity index (χ3n) is 1.04. The molecule has 0 aliphatic heterocycles. The van der Waals surface area contributed by atoms with E-state index in [1.54, 1.807) is 0 Å². The summed E-state index contributed by atoms with van der Waals surface area (Å²) in [6, 6.07) is 0. The summed E-state index contributed by atoms with van der Waals surface area (Å²) < 4.78 is 21.1. The first-order chi connectivity index (χ1) is 6.43. The first-order valence-corrected chi connectivity index (χ1v) is 5.57. The van der Waals surface area contributed by atoms with Gasteiger partial charge in [-0.3, -0.25) is 10.1 Å². The molecular formula is C4H6N4O4S2. The molecule has 0 radical (unpaired) electrons. The molecule has 0 fully saturated rings. The van der Waals surface area contributed by atoms with Crippen molar-refractivity contribution in [2.45, 2.75) is 4.34 Å². The van der Waals surface area contributed by atoms with Gasteiger partial charge in [0.2, 0.25) is 9.47 Å². The van der Waals surface area contributed by atoms with Crippen molar-refractivity contribution in [3.63, 3.8) is 0 Å². The first kappa shape index (κ1) is 11.0. The van der Waals surface area contributed by atoms with Crippen molar-refractivity contribution in [3.8, 4) is 0 Å². The van der Waals surface area contributed by atoms with Crippen LogP contribution in [0.5, 0.6) is 0 Å². The third-order valence-corrected chi connectivity index (χ3v) is 3.19. The van der Waals surface area contributed by atoms with Crippen molar-refractivity contribution in [1.29, 1.82) is 0 Å². The maximum absolute atomic E-state index is 10.7. The Morgan fingerprint density at radius 1 is 1.57 bits per heavy atom. The zero-order valence-corrected chi connectivity index (χ0v) is 8.30. The molecule has 0 atom stereocenters. The zero-order valence-electron chi connectivity index (χ0n) is 6.67. The van der Waals surface area contributed by atoms with Gasteiger partial charge in [-0.05, 0) is 0 Å². The lowest BCUT2D eigenvalue weighted by Crippen LogP contribution is -2.15. The van der Waals surface area contributed by atoms with E-state index in [1.165, 1.54) is 0 Å². The zero-order chi connectivity index (χ0) is 10.8. The lowest BCUT2D eigenvalue weighted by molar-refractivity contribution is -0.118. The number of hydrogen-bond acceptors (Lipinski definition) is 7. The minimum absolute atomic E-state index is 0.0342. The Kier molecular flexibility index (Phi) is 3.10. The van der Waals surface area contributed by atoms with Crippen LogP contribution >= 0.6 is 11.3 Å². The van der Waals surface area contributed by atoms with E-state index in [0.717, 1.165) is 0 Å². The van der Waals surface area contributed by atoms with Crippen LogP contribution in [-0.2, 0) is 14.8 Å². The van der Waals surface area contributed by atoms with E-state index in [1.807, 2.05) is 0 Å². The van der Waals surface area contributed by atoms with E-state index in [-0.39, 0.29) is 5.13 Å². The number of anilines is 1. The van der Waals surface area contributed by atoms with E-state index >= 15 is 0 Å². The Morgan fingerprint density at radius 3 is 2.64 bits per heavy atom. The van der Waals surface area contributed by atoms with Gasteiger partial charge in [-0.2, -0.15) is 0 Å². The van der Waals surface area contributed by atoms with E-state index in [4.69, 9.17) is 10.2 Å². The number of carbonyl (C=O) groups is 1. The Labute approximate surface area is 82.8 Å². The predicted octanol–water partition coefficient (Wildman–Crippen LogP) is -1.88. The fraction of sp³-hybridized carbons (Fsp3) is 0.250. The molecule has 10 heteroatoms. The number of primary sulfonamides is 1. The maximum atomic E-state index is 10.7. The van der Waals surface area contributed by atoms with Gasteiger partial charge in [-0.25, -0.2) is 13.6 Å². The van der Waals surface area contributed by atoms with Gasteiger partial charge >= 0.3 is 0 Å². The minimum Gasteiger partial charge on any atom is -0.387 e. The normalized spacial score (nSPS) is 11.3. The lowest BCUT2D eigenvalue weighted by atomic mass is 10.7. The number of carbonyl (C=O) groups excluding carboxylic acids is 1. The first-order valence-electron chi connectivity index (χ1n) is 3.20. The monoisotopic (exact) mass is 238 g/mol. The maximum Gasteiger partial charge on any atom is 0.267 e. The molecule has 0 bridgehead atoms. The molecule has 1 aromatic heterocycles. The van der Waals surface area contributed by atoms with Crippen LogP contribution in [0, 0.1) is 0 Å². The highest BCUT2D eigenvalue weighted by Crippen LogP contribution is 2.17. The lowest BCUT2D eigenvalue weighted by Gasteiger charge is -1.93. The molecule has 0 spiro atoms. The van der Waals surface area contributed by atoms with Crippen LogP contribution in [0.4, 0.5) is 5.13 Å². The molecule has 78 valence electrons. The molecule has 0 aliphatic carbocycles. The Balaban J connectivity index is 2.84. The van der Waals surface area contributed by atoms with Crippen molar-refractivity contribution in [2.24, 2.45) is 5.14 Å². The van der Waals surface area contributed by atoms with E-state index in [0.29, 0.717) is 11.3 Å². The molecule has 1 heterocycles. The van der Waals surface area contributed by atoms with Gasteiger partial charge in [-0.15, -0.1) is 10.2 Å². The number of rotatable bonds is 3. The summed E-state index contributed by atoms with van der Waals surface area (Å²) in [7, 11) is -3.89. The molecule has 8 nitrogen and oxygen atoms in total. The number of aliphatic hydroxyl groups excluding tert-OH is 1. The van der Waals surface area contributed by atoms with Crippen molar-refractivity contribution in [2.75, 3.05) is 11.9 Å². The van der Waals surface area contributed by atoms with Crippen molar-refractivity contribution >= 4 is 32.4 Å². The highest BCUT2D eigenvalue weighted by molar-refractivity contribution is 7.91. The summed E-state index contributed by atoms with van der Waals surface area (Å²) >= 11 is 0.605. The standard InChI is InChI=1S/C4H6N4O4S2/c5-14(11,12)4-8-7-3(13-4)6-2(10)1-9/h9H,1H2,(H2,5,11,12)(H,6,7,10). The molecule has 0 aromatic carbocycles. The van der Waals surface area contributed by atoms with Gasteiger partial charge in [0.1, 0.15) is 6.61 Å². The summed E-state index contributed by atoms with van der Waals surface area (Å²) in [6.45, 7) is -0.718. The van der Waals surface area contributed by atoms with Gasteiger partial charge in [0.05, 0.1) is 0 Å². The van der Waals surface area contributed by atoms with Gasteiger partial charge in [-0.1, -0.05) is 11.3 Å². The number of nitrogens with zero attached hydrogens (tertiary/aromatic N) is 2.